The number of aliphatic hydroxyl groups is 1. The Kier molecular flexibility index (Phi) is 9.65. The predicted molar refractivity (Wildman–Crippen MR) is 38.4 cm³/mol. The Balaban J connectivity index is 0. The lowest BCUT2D eigenvalue weighted by Crippen LogP contribution is -2.14. The Bertz CT molecular complexity index is 112. The van der Waals surface area contributed by atoms with Crippen molar-refractivity contribution >= 4 is 5.91 Å². The van der Waals surface area contributed by atoms with Gasteiger partial charge in [-0.2, -0.15) is 0 Å². The van der Waals surface area contributed by atoms with E-state index in [4.69, 9.17) is 5.11 Å². The van der Waals surface area contributed by atoms with Crippen LogP contribution in [0.15, 0.2) is 12.2 Å². The number of carbonyl (C=O) groups is 1. The summed E-state index contributed by atoms with van der Waals surface area (Å²) in [5.41, 5.74) is 4.69. The molecule has 0 aliphatic rings. The smallest absolute Gasteiger partial charge is 0.246 e. The molecule has 0 aromatic carbocycles. The third-order valence-electron chi connectivity index (χ3n) is 0.539. The van der Waals surface area contributed by atoms with E-state index in [-0.39, 0.29) is 12.2 Å². The normalized spacial score (nSPS) is 7.50. The van der Waals surface area contributed by atoms with Crippen LogP contribution in [0.1, 0.15) is 0 Å². The Morgan fingerprint density at radius 3 is 2.00 bits per heavy atom. The zero-order valence-electron chi connectivity index (χ0n) is 6.26. The fraction of sp³-hybridized carbons (Fsp3) is 0.500. The van der Waals surface area contributed by atoms with Crippen LogP contribution in [0, 0.1) is 0 Å². The number of carbonyl (C=O) groups excluding carboxylic acids is 1. The molecular weight excluding hydrogens is 134 g/mol. The van der Waals surface area contributed by atoms with Gasteiger partial charge in [-0.1, -0.05) is 6.58 Å². The van der Waals surface area contributed by atoms with Crippen LogP contribution in [-0.2, 0) is 9.53 Å². The van der Waals surface area contributed by atoms with Crippen LogP contribution in [0.4, 0.5) is 0 Å². The number of hydrogen-bond donors (Lipinski definition) is 2. The van der Waals surface area contributed by atoms with Crippen LogP contribution in [0.3, 0.4) is 0 Å². The molecule has 0 fully saturated rings. The first-order valence-corrected chi connectivity index (χ1v) is 2.58. The molecule has 10 heavy (non-hydrogen) atoms. The molecular formula is C6H13NO3. The maximum absolute atomic E-state index is 9.89. The molecule has 0 unspecified atom stereocenters. The third kappa shape index (κ3) is 10.2. The molecule has 0 heterocycles. The first kappa shape index (κ1) is 11.9. The first-order chi connectivity index (χ1) is 4.59. The molecule has 0 rings (SSSR count). The number of primary amides is 1. The van der Waals surface area contributed by atoms with Crippen molar-refractivity contribution < 1.29 is 14.6 Å². The maximum Gasteiger partial charge on any atom is 0.246 e. The van der Waals surface area contributed by atoms with E-state index in [0.29, 0.717) is 0 Å². The summed E-state index contributed by atoms with van der Waals surface area (Å²) in [6.07, 6.45) is 0. The van der Waals surface area contributed by atoms with Gasteiger partial charge in [-0.3, -0.25) is 4.79 Å². The lowest BCUT2D eigenvalue weighted by Gasteiger charge is -1.88. The number of nitrogens with two attached hydrogens (primary N) is 1. The second-order valence-electron chi connectivity index (χ2n) is 1.53. The largest absolute Gasteiger partial charge is 0.391 e. The highest BCUT2D eigenvalue weighted by atomic mass is 16.4. The zero-order valence-corrected chi connectivity index (χ0v) is 6.26. The lowest BCUT2D eigenvalue weighted by atomic mass is 10.3. The summed E-state index contributed by atoms with van der Waals surface area (Å²) in [5.74, 6) is -0.650. The molecule has 4 nitrogen and oxygen atoms in total. The summed E-state index contributed by atoms with van der Waals surface area (Å²) in [6.45, 7) is 2.80. The van der Waals surface area contributed by atoms with Crippen molar-refractivity contribution in [3.8, 4) is 0 Å². The minimum Gasteiger partial charge on any atom is -0.391 e. The number of hydrogen-bond acceptors (Lipinski definition) is 3. The number of methoxy groups -OCH3 is 1. The van der Waals surface area contributed by atoms with E-state index >= 15 is 0 Å². The van der Waals surface area contributed by atoms with Gasteiger partial charge in [0.1, 0.15) is 0 Å². The molecule has 0 bridgehead atoms. The maximum atomic E-state index is 9.89. The second kappa shape index (κ2) is 8.13. The van der Waals surface area contributed by atoms with Crippen molar-refractivity contribution in [2.45, 2.75) is 0 Å². The molecule has 0 aliphatic carbocycles. The van der Waals surface area contributed by atoms with E-state index in [1.807, 2.05) is 0 Å². The molecule has 0 atom stereocenters. The van der Waals surface area contributed by atoms with Gasteiger partial charge in [-0.05, 0) is 0 Å². The highest BCUT2D eigenvalue weighted by molar-refractivity contribution is 5.91. The fourth-order valence-electron chi connectivity index (χ4n) is 0.0779. The lowest BCUT2D eigenvalue weighted by molar-refractivity contribution is -0.114. The average molecular weight is 147 g/mol. The van der Waals surface area contributed by atoms with Gasteiger partial charge in [-0.25, -0.2) is 0 Å². The number of aliphatic hydroxyl groups excluding tert-OH is 1. The van der Waals surface area contributed by atoms with Crippen molar-refractivity contribution in [3.63, 3.8) is 0 Å². The minimum absolute atomic E-state index is 0.0417. The van der Waals surface area contributed by atoms with Gasteiger partial charge in [0.05, 0.1) is 6.61 Å². The Morgan fingerprint density at radius 2 is 2.00 bits per heavy atom. The van der Waals surface area contributed by atoms with Gasteiger partial charge in [0.2, 0.25) is 5.91 Å². The fourth-order valence-corrected chi connectivity index (χ4v) is 0.0779. The van der Waals surface area contributed by atoms with Gasteiger partial charge in [0.15, 0.2) is 0 Å². The predicted octanol–water partition coefficient (Wildman–Crippen LogP) is -0.717. The third-order valence-corrected chi connectivity index (χ3v) is 0.539. The molecule has 0 aliphatic heterocycles. The summed E-state index contributed by atoms with van der Waals surface area (Å²) in [5, 5.41) is 8.10. The van der Waals surface area contributed by atoms with Crippen LogP contribution < -0.4 is 5.73 Å². The van der Waals surface area contributed by atoms with Crippen molar-refractivity contribution in [2.24, 2.45) is 5.73 Å². The van der Waals surface area contributed by atoms with Gasteiger partial charge in [0.25, 0.3) is 0 Å². The summed E-state index contributed by atoms with van der Waals surface area (Å²) >= 11 is 0. The Hall–Kier alpha value is -0.870. The standard InChI is InChI=1S/C4H7NO2.C2H6O/c1-3(2-6)4(5)7;1-3-2/h6H,1-2H2,(H2,5,7);1-2H3. The molecule has 3 N–H and O–H groups in total. The summed E-state index contributed by atoms with van der Waals surface area (Å²) < 4.78 is 4.25. The SMILES string of the molecule is C=C(CO)C(N)=O.COC. The summed E-state index contributed by atoms with van der Waals surface area (Å²) in [6, 6.07) is 0. The first-order valence-electron chi connectivity index (χ1n) is 2.58. The topological polar surface area (TPSA) is 72.5 Å². The quantitative estimate of drug-likeness (QED) is 0.506. The Morgan fingerprint density at radius 1 is 1.70 bits per heavy atom. The highest BCUT2D eigenvalue weighted by Crippen LogP contribution is 1.80. The molecule has 0 radical (unpaired) electrons. The number of rotatable bonds is 2. The molecule has 0 spiro atoms. The van der Waals surface area contributed by atoms with Crippen molar-refractivity contribution in [2.75, 3.05) is 20.8 Å². The molecule has 0 aromatic heterocycles. The molecule has 4 heteroatoms. The zero-order chi connectivity index (χ0) is 8.57. The van der Waals surface area contributed by atoms with Crippen LogP contribution >= 0.6 is 0 Å². The van der Waals surface area contributed by atoms with Gasteiger partial charge in [-0.15, -0.1) is 0 Å². The molecule has 1 amide bonds. The van der Waals surface area contributed by atoms with Crippen molar-refractivity contribution in [3.05, 3.63) is 12.2 Å². The van der Waals surface area contributed by atoms with Crippen molar-refractivity contribution in [1.82, 2.24) is 0 Å². The highest BCUT2D eigenvalue weighted by Gasteiger charge is 1.94. The van der Waals surface area contributed by atoms with E-state index in [2.05, 4.69) is 17.0 Å². The van der Waals surface area contributed by atoms with E-state index in [1.54, 1.807) is 14.2 Å². The van der Waals surface area contributed by atoms with E-state index in [9.17, 15) is 4.79 Å². The average Bonchev–Trinajstić information content (AvgIpc) is 1.88. The van der Waals surface area contributed by atoms with Gasteiger partial charge >= 0.3 is 0 Å². The minimum atomic E-state index is -0.650. The number of amides is 1. The van der Waals surface area contributed by atoms with Crippen LogP contribution in [0.25, 0.3) is 0 Å². The van der Waals surface area contributed by atoms with E-state index < -0.39 is 5.91 Å². The van der Waals surface area contributed by atoms with Crippen LogP contribution in [0.5, 0.6) is 0 Å². The molecule has 60 valence electrons. The molecule has 0 saturated heterocycles. The molecule has 0 aromatic rings. The summed E-state index contributed by atoms with van der Waals surface area (Å²) in [7, 11) is 3.25. The van der Waals surface area contributed by atoms with Gasteiger partial charge in [0, 0.05) is 19.8 Å². The van der Waals surface area contributed by atoms with Crippen molar-refractivity contribution in [1.29, 1.82) is 0 Å². The second-order valence-corrected chi connectivity index (χ2v) is 1.53. The van der Waals surface area contributed by atoms with E-state index in [0.717, 1.165) is 0 Å². The van der Waals surface area contributed by atoms with Gasteiger partial charge < -0.3 is 15.6 Å². The van der Waals surface area contributed by atoms with E-state index in [1.165, 1.54) is 0 Å². The monoisotopic (exact) mass is 147 g/mol. The van der Waals surface area contributed by atoms with Crippen LogP contribution in [-0.4, -0.2) is 31.8 Å². The number of ether oxygens (including phenoxy) is 1. The summed E-state index contributed by atoms with van der Waals surface area (Å²) in [4.78, 5) is 9.89. The molecule has 0 saturated carbocycles. The Labute approximate surface area is 60.3 Å². The van der Waals surface area contributed by atoms with Crippen LogP contribution in [0.2, 0.25) is 0 Å².